The SMILES string of the molecule is CCOC(=O)CN(C)C/C=C/C(=O)Nc1cc2c(Nc3cccc(Br)c3)c(C#N)cnc2cc1OC. The molecular weight excluding hydrogens is 526 g/mol. The lowest BCUT2D eigenvalue weighted by atomic mass is 10.1. The van der Waals surface area contributed by atoms with E-state index >= 15 is 0 Å². The number of nitriles is 1. The van der Waals surface area contributed by atoms with Crippen LogP contribution in [-0.2, 0) is 14.3 Å². The smallest absolute Gasteiger partial charge is 0.320 e. The molecule has 0 bridgehead atoms. The Labute approximate surface area is 217 Å². The Hall–Kier alpha value is -3.94. The topological polar surface area (TPSA) is 117 Å². The van der Waals surface area contributed by atoms with Crippen molar-refractivity contribution in [2.24, 2.45) is 0 Å². The summed E-state index contributed by atoms with van der Waals surface area (Å²) in [4.78, 5) is 30.3. The van der Waals surface area contributed by atoms with Crippen LogP contribution >= 0.6 is 15.9 Å². The number of methoxy groups -OCH3 is 1. The monoisotopic (exact) mass is 551 g/mol. The van der Waals surface area contributed by atoms with E-state index in [1.807, 2.05) is 24.3 Å². The van der Waals surface area contributed by atoms with Crippen molar-refractivity contribution in [1.29, 1.82) is 5.26 Å². The summed E-state index contributed by atoms with van der Waals surface area (Å²) < 4.78 is 11.3. The second-order valence-corrected chi connectivity index (χ2v) is 8.67. The Bertz CT molecular complexity index is 1340. The van der Waals surface area contributed by atoms with Gasteiger partial charge in [-0.25, -0.2) is 0 Å². The van der Waals surface area contributed by atoms with Crippen molar-refractivity contribution >= 4 is 55.8 Å². The number of ether oxygens (including phenoxy) is 2. The van der Waals surface area contributed by atoms with Crippen molar-refractivity contribution in [2.75, 3.05) is 44.5 Å². The highest BCUT2D eigenvalue weighted by Crippen LogP contribution is 2.36. The van der Waals surface area contributed by atoms with E-state index in [2.05, 4.69) is 37.6 Å². The fourth-order valence-corrected chi connectivity index (χ4v) is 3.82. The van der Waals surface area contributed by atoms with E-state index in [-0.39, 0.29) is 18.4 Å². The van der Waals surface area contributed by atoms with Gasteiger partial charge in [-0.1, -0.05) is 28.1 Å². The highest BCUT2D eigenvalue weighted by Gasteiger charge is 2.15. The van der Waals surface area contributed by atoms with Crippen LogP contribution in [0.3, 0.4) is 0 Å². The highest BCUT2D eigenvalue weighted by atomic mass is 79.9. The number of fused-ring (bicyclic) bond motifs is 1. The zero-order valence-electron chi connectivity index (χ0n) is 20.2. The number of halogens is 1. The summed E-state index contributed by atoms with van der Waals surface area (Å²) in [6, 6.07) is 13.2. The average molecular weight is 552 g/mol. The van der Waals surface area contributed by atoms with Gasteiger partial charge in [-0.05, 0) is 38.2 Å². The maximum absolute atomic E-state index is 12.6. The summed E-state index contributed by atoms with van der Waals surface area (Å²) in [6.45, 7) is 2.58. The minimum absolute atomic E-state index is 0.125. The quantitative estimate of drug-likeness (QED) is 0.277. The number of benzene rings is 2. The number of aromatic nitrogens is 1. The zero-order valence-corrected chi connectivity index (χ0v) is 21.8. The molecule has 0 aliphatic heterocycles. The lowest BCUT2D eigenvalue weighted by molar-refractivity contribution is -0.143. The molecule has 9 nitrogen and oxygen atoms in total. The van der Waals surface area contributed by atoms with E-state index in [0.29, 0.717) is 46.7 Å². The number of anilines is 3. The van der Waals surface area contributed by atoms with Crippen LogP contribution in [-0.4, -0.2) is 55.6 Å². The van der Waals surface area contributed by atoms with Gasteiger partial charge in [-0.15, -0.1) is 0 Å². The summed E-state index contributed by atoms with van der Waals surface area (Å²) in [7, 11) is 3.26. The molecule has 0 aliphatic carbocycles. The molecule has 3 rings (SSSR count). The number of carbonyl (C=O) groups excluding carboxylic acids is 2. The van der Waals surface area contributed by atoms with E-state index in [1.165, 1.54) is 19.4 Å². The number of hydrogen-bond acceptors (Lipinski definition) is 8. The molecule has 0 atom stereocenters. The minimum Gasteiger partial charge on any atom is -0.494 e. The predicted octanol–water partition coefficient (Wildman–Crippen LogP) is 4.61. The van der Waals surface area contributed by atoms with Crippen molar-refractivity contribution in [3.05, 3.63) is 64.8 Å². The summed E-state index contributed by atoms with van der Waals surface area (Å²) in [5.74, 6) is -0.270. The van der Waals surface area contributed by atoms with Gasteiger partial charge in [0, 0.05) is 40.4 Å². The Morgan fingerprint density at radius 3 is 2.78 bits per heavy atom. The van der Waals surface area contributed by atoms with Crippen molar-refractivity contribution in [3.8, 4) is 11.8 Å². The van der Waals surface area contributed by atoms with Gasteiger partial charge in [0.05, 0.1) is 42.7 Å². The Kier molecular flexibility index (Phi) is 9.39. The summed E-state index contributed by atoms with van der Waals surface area (Å²) in [5.41, 5.74) is 2.72. The van der Waals surface area contributed by atoms with Crippen LogP contribution in [0.1, 0.15) is 12.5 Å². The fraction of sp³-hybridized carbons (Fsp3) is 0.231. The highest BCUT2D eigenvalue weighted by molar-refractivity contribution is 9.10. The number of nitrogens with one attached hydrogen (secondary N) is 2. The molecule has 10 heteroatoms. The van der Waals surface area contributed by atoms with Gasteiger partial charge < -0.3 is 20.1 Å². The molecule has 1 heterocycles. The molecule has 0 unspecified atom stereocenters. The first-order valence-electron chi connectivity index (χ1n) is 11.1. The fourth-order valence-electron chi connectivity index (χ4n) is 3.42. The van der Waals surface area contributed by atoms with Crippen LogP contribution in [0.4, 0.5) is 17.1 Å². The Morgan fingerprint density at radius 1 is 1.28 bits per heavy atom. The molecule has 186 valence electrons. The van der Waals surface area contributed by atoms with E-state index in [0.717, 1.165) is 10.2 Å². The lowest BCUT2D eigenvalue weighted by Crippen LogP contribution is -2.27. The molecular formula is C26H26BrN5O4. The minimum atomic E-state index is -0.372. The molecule has 2 aromatic carbocycles. The largest absolute Gasteiger partial charge is 0.494 e. The van der Waals surface area contributed by atoms with Crippen LogP contribution in [0.2, 0.25) is 0 Å². The molecule has 3 aromatic rings. The third-order valence-corrected chi connectivity index (χ3v) is 5.55. The van der Waals surface area contributed by atoms with E-state index < -0.39 is 0 Å². The van der Waals surface area contributed by atoms with Crippen molar-refractivity contribution < 1.29 is 19.1 Å². The lowest BCUT2D eigenvalue weighted by Gasteiger charge is -2.15. The van der Waals surface area contributed by atoms with Gasteiger partial charge in [-0.2, -0.15) is 5.26 Å². The number of rotatable bonds is 10. The van der Waals surface area contributed by atoms with E-state index in [1.54, 1.807) is 37.1 Å². The van der Waals surface area contributed by atoms with E-state index in [9.17, 15) is 14.9 Å². The normalized spacial score (nSPS) is 10.9. The molecule has 0 spiro atoms. The number of amides is 1. The van der Waals surface area contributed by atoms with Crippen LogP contribution in [0.5, 0.6) is 5.75 Å². The van der Waals surface area contributed by atoms with Crippen molar-refractivity contribution in [3.63, 3.8) is 0 Å². The first-order valence-corrected chi connectivity index (χ1v) is 11.9. The second kappa shape index (κ2) is 12.7. The van der Waals surface area contributed by atoms with Crippen LogP contribution < -0.4 is 15.4 Å². The first kappa shape index (κ1) is 26.7. The van der Waals surface area contributed by atoms with Crippen LogP contribution in [0.15, 0.2) is 59.2 Å². The molecule has 2 N–H and O–H groups in total. The van der Waals surface area contributed by atoms with Gasteiger partial charge in [-0.3, -0.25) is 19.5 Å². The van der Waals surface area contributed by atoms with Gasteiger partial charge in [0.2, 0.25) is 5.91 Å². The molecule has 0 radical (unpaired) electrons. The number of nitrogens with zero attached hydrogens (tertiary/aromatic N) is 3. The number of pyridine rings is 1. The average Bonchev–Trinajstić information content (AvgIpc) is 2.84. The molecule has 36 heavy (non-hydrogen) atoms. The second-order valence-electron chi connectivity index (χ2n) is 7.76. The summed E-state index contributed by atoms with van der Waals surface area (Å²) in [6.07, 6.45) is 4.53. The van der Waals surface area contributed by atoms with Gasteiger partial charge in [0.1, 0.15) is 11.8 Å². The molecule has 1 aromatic heterocycles. The first-order chi connectivity index (χ1) is 17.3. The van der Waals surface area contributed by atoms with Gasteiger partial charge >= 0.3 is 5.97 Å². The number of esters is 1. The van der Waals surface area contributed by atoms with Crippen LogP contribution in [0, 0.1) is 11.3 Å². The maximum Gasteiger partial charge on any atom is 0.320 e. The number of likely N-dealkylation sites (N-methyl/N-ethyl adjacent to an activating group) is 1. The molecule has 0 fully saturated rings. The standard InChI is InChI=1S/C26H26BrN5O4/c1-4-36-25(34)16-32(2)10-6-9-24(33)31-22-12-20-21(13-23(22)35-3)29-15-17(14-28)26(20)30-19-8-5-7-18(27)11-19/h5-9,11-13,15H,4,10,16H2,1-3H3,(H,29,30)(H,31,33)/b9-6+. The Balaban J connectivity index is 1.85. The third-order valence-electron chi connectivity index (χ3n) is 5.05. The molecule has 0 saturated carbocycles. The van der Waals surface area contributed by atoms with Crippen LogP contribution in [0.25, 0.3) is 10.9 Å². The molecule has 1 amide bonds. The van der Waals surface area contributed by atoms with Gasteiger partial charge in [0.25, 0.3) is 0 Å². The summed E-state index contributed by atoms with van der Waals surface area (Å²) in [5, 5.41) is 16.4. The third kappa shape index (κ3) is 7.04. The number of carbonyl (C=O) groups is 2. The van der Waals surface area contributed by atoms with Gasteiger partial charge in [0.15, 0.2) is 0 Å². The summed E-state index contributed by atoms with van der Waals surface area (Å²) >= 11 is 3.45. The zero-order chi connectivity index (χ0) is 26.1. The number of hydrogen-bond donors (Lipinski definition) is 2. The molecule has 0 saturated heterocycles. The van der Waals surface area contributed by atoms with E-state index in [4.69, 9.17) is 9.47 Å². The predicted molar refractivity (Wildman–Crippen MR) is 142 cm³/mol. The molecule has 0 aliphatic rings. The maximum atomic E-state index is 12.6. The Morgan fingerprint density at radius 2 is 2.08 bits per heavy atom. The van der Waals surface area contributed by atoms with Crippen molar-refractivity contribution in [1.82, 2.24) is 9.88 Å². The van der Waals surface area contributed by atoms with Crippen molar-refractivity contribution in [2.45, 2.75) is 6.92 Å².